The van der Waals surface area contributed by atoms with Crippen LogP contribution in [0.5, 0.6) is 0 Å². The lowest BCUT2D eigenvalue weighted by Crippen LogP contribution is -1.96. The van der Waals surface area contributed by atoms with E-state index in [0.29, 0.717) is 0 Å². The van der Waals surface area contributed by atoms with E-state index in [0.717, 1.165) is 83.4 Å². The summed E-state index contributed by atoms with van der Waals surface area (Å²) in [5.74, 6) is 0. The van der Waals surface area contributed by atoms with Crippen LogP contribution < -0.4 is 0 Å². The number of hydrogen-bond acceptors (Lipinski definition) is 2. The lowest BCUT2D eigenvalue weighted by Gasteiger charge is -2.06. The zero-order valence-electron chi connectivity index (χ0n) is 27.4. The van der Waals surface area contributed by atoms with E-state index >= 15 is 0 Å². The van der Waals surface area contributed by atoms with Crippen LogP contribution in [0.15, 0.2) is 54.6 Å². The van der Waals surface area contributed by atoms with E-state index in [1.165, 1.54) is 66.3 Å². The van der Waals surface area contributed by atoms with Crippen molar-refractivity contribution in [2.45, 2.75) is 97.8 Å². The number of nitrogens with one attached hydrogen (secondary N) is 2. The maximum atomic E-state index is 5.31. The average Bonchev–Trinajstić information content (AvgIpc) is 3.89. The average molecular weight is 597 g/mol. The molecule has 2 N–H and O–H groups in total. The Balaban J connectivity index is 1.67. The molecule has 0 aliphatic carbocycles. The number of aromatic amines is 2. The van der Waals surface area contributed by atoms with Gasteiger partial charge in [-0.3, -0.25) is 0 Å². The zero-order valence-corrected chi connectivity index (χ0v) is 27.4. The van der Waals surface area contributed by atoms with Crippen molar-refractivity contribution in [2.24, 2.45) is 0 Å². The Hall–Kier alpha value is -4.18. The Morgan fingerprint density at radius 3 is 1.38 bits per heavy atom. The first-order valence-corrected chi connectivity index (χ1v) is 17.4. The van der Waals surface area contributed by atoms with E-state index < -0.39 is 0 Å². The summed E-state index contributed by atoms with van der Waals surface area (Å²) in [5.41, 5.74) is 15.0. The predicted molar refractivity (Wildman–Crippen MR) is 194 cm³/mol. The molecule has 4 heteroatoms. The number of fused-ring (bicyclic) bond motifs is 8. The highest BCUT2D eigenvalue weighted by molar-refractivity contribution is 5.94. The first-order valence-electron chi connectivity index (χ1n) is 17.4. The lowest BCUT2D eigenvalue weighted by atomic mass is 10.0. The fourth-order valence-electron chi connectivity index (χ4n) is 6.79. The Morgan fingerprint density at radius 2 is 0.911 bits per heavy atom. The van der Waals surface area contributed by atoms with Crippen LogP contribution in [-0.4, -0.2) is 19.9 Å². The van der Waals surface area contributed by atoms with Gasteiger partial charge in [0.05, 0.1) is 22.8 Å². The van der Waals surface area contributed by atoms with Crippen LogP contribution in [0, 0.1) is 0 Å². The van der Waals surface area contributed by atoms with Crippen LogP contribution in [0.4, 0.5) is 0 Å². The molecule has 2 aliphatic rings. The third-order valence-corrected chi connectivity index (χ3v) is 9.20. The highest BCUT2D eigenvalue weighted by Gasteiger charge is 2.17. The molecule has 3 aromatic heterocycles. The Kier molecular flexibility index (Phi) is 10.1. The molecule has 2 aliphatic heterocycles. The second-order valence-electron chi connectivity index (χ2n) is 12.6. The zero-order chi connectivity index (χ0) is 31.0. The highest BCUT2D eigenvalue weighted by Crippen LogP contribution is 2.32. The van der Waals surface area contributed by atoms with Gasteiger partial charge in [-0.2, -0.15) is 0 Å². The highest BCUT2D eigenvalue weighted by atomic mass is 14.8. The van der Waals surface area contributed by atoms with Crippen molar-refractivity contribution in [1.29, 1.82) is 0 Å². The quantitative estimate of drug-likeness (QED) is 0.130. The number of benzene rings is 1. The maximum absolute atomic E-state index is 5.31. The molecule has 5 heterocycles. The van der Waals surface area contributed by atoms with E-state index in [1.54, 1.807) is 0 Å². The topological polar surface area (TPSA) is 57.4 Å². The molecule has 0 atom stereocenters. The minimum Gasteiger partial charge on any atom is -0.355 e. The summed E-state index contributed by atoms with van der Waals surface area (Å²) >= 11 is 0. The number of aryl methyl sites for hydroxylation is 2. The van der Waals surface area contributed by atoms with Gasteiger partial charge in [0.15, 0.2) is 0 Å². The van der Waals surface area contributed by atoms with Gasteiger partial charge in [0.2, 0.25) is 0 Å². The molecule has 6 rings (SSSR count). The van der Waals surface area contributed by atoms with Crippen molar-refractivity contribution in [3.63, 3.8) is 0 Å². The second kappa shape index (κ2) is 14.7. The summed E-state index contributed by atoms with van der Waals surface area (Å²) in [4.78, 5) is 18.4. The van der Waals surface area contributed by atoms with Crippen molar-refractivity contribution >= 4 is 46.4 Å². The van der Waals surface area contributed by atoms with Gasteiger partial charge in [-0.05, 0) is 86.2 Å². The van der Waals surface area contributed by atoms with Crippen LogP contribution in [0.25, 0.3) is 57.5 Å². The molecule has 45 heavy (non-hydrogen) atoms. The van der Waals surface area contributed by atoms with Crippen LogP contribution >= 0.6 is 0 Å². The predicted octanol–water partition coefficient (Wildman–Crippen LogP) is 11.5. The third-order valence-electron chi connectivity index (χ3n) is 9.20. The van der Waals surface area contributed by atoms with E-state index in [4.69, 9.17) is 9.97 Å². The van der Waals surface area contributed by atoms with Crippen molar-refractivity contribution in [2.75, 3.05) is 0 Å². The summed E-state index contributed by atoms with van der Waals surface area (Å²) in [6.45, 7) is 6.80. The number of nitrogens with zero attached hydrogens (tertiary/aromatic N) is 2. The minimum atomic E-state index is 0.958. The number of rotatable bonds is 13. The maximum Gasteiger partial charge on any atom is 0.0691 e. The monoisotopic (exact) mass is 596 g/mol. The summed E-state index contributed by atoms with van der Waals surface area (Å²) in [5, 5.41) is 0. The van der Waals surface area contributed by atoms with Gasteiger partial charge in [0.1, 0.15) is 0 Å². The number of hydrogen-bond donors (Lipinski definition) is 2. The molecule has 0 fully saturated rings. The number of unbranched alkanes of at least 4 members (excludes halogenated alkanes) is 6. The van der Waals surface area contributed by atoms with Crippen molar-refractivity contribution in [1.82, 2.24) is 19.9 Å². The Labute approximate surface area is 268 Å². The molecule has 4 nitrogen and oxygen atoms in total. The molecular weight excluding hydrogens is 548 g/mol. The van der Waals surface area contributed by atoms with Gasteiger partial charge < -0.3 is 9.97 Å². The minimum absolute atomic E-state index is 0.958. The molecule has 4 aromatic rings. The molecule has 0 spiro atoms. The first kappa shape index (κ1) is 30.8. The van der Waals surface area contributed by atoms with Gasteiger partial charge in [-0.1, -0.05) is 96.0 Å². The summed E-state index contributed by atoms with van der Waals surface area (Å²) in [6.07, 6.45) is 22.7. The molecular formula is C41H48N4. The van der Waals surface area contributed by atoms with E-state index in [2.05, 4.69) is 110 Å². The number of H-pyrrole nitrogens is 2. The van der Waals surface area contributed by atoms with Crippen molar-refractivity contribution in [3.05, 3.63) is 94.1 Å². The van der Waals surface area contributed by atoms with Gasteiger partial charge in [0.25, 0.3) is 0 Å². The molecule has 1 aromatic carbocycles. The molecule has 0 saturated carbocycles. The van der Waals surface area contributed by atoms with E-state index in [9.17, 15) is 0 Å². The largest absolute Gasteiger partial charge is 0.355 e. The van der Waals surface area contributed by atoms with Crippen LogP contribution in [0.3, 0.4) is 0 Å². The fourth-order valence-corrected chi connectivity index (χ4v) is 6.79. The molecule has 0 saturated heterocycles. The standard InChI is InChI=1S/C41H48N4/c1-4-7-9-14-19-31-35-23-21-33(42-35)30(16-6-3)34-22-24-36(43-34)32(20-15-10-8-5-2)38-26-28-40(45-38)41(29-17-12-11-13-18-29)39-27-25-37(31)44-39/h11-13,17-18,21-28,44-45H,4-10,14-16,19-20H2,1-3H3. The summed E-state index contributed by atoms with van der Waals surface area (Å²) < 4.78 is 0. The van der Waals surface area contributed by atoms with Crippen LogP contribution in [-0.2, 0) is 19.3 Å². The number of aromatic nitrogens is 4. The van der Waals surface area contributed by atoms with Gasteiger partial charge in [0, 0.05) is 44.3 Å². The van der Waals surface area contributed by atoms with E-state index in [-0.39, 0.29) is 0 Å². The molecule has 0 unspecified atom stereocenters. The SMILES string of the molecule is CCCCCCc1c2nc(c(CCC)c3nc(c(CCCCCC)c4ccc([nH]4)c(-c4ccccc4)c4ccc1[nH]4)C=C3)C=C2. The van der Waals surface area contributed by atoms with Crippen molar-refractivity contribution < 1.29 is 0 Å². The Bertz CT molecular complexity index is 1720. The second-order valence-corrected chi connectivity index (χ2v) is 12.6. The summed E-state index contributed by atoms with van der Waals surface area (Å²) in [6, 6.07) is 19.8. The molecule has 232 valence electrons. The van der Waals surface area contributed by atoms with Gasteiger partial charge >= 0.3 is 0 Å². The lowest BCUT2D eigenvalue weighted by molar-refractivity contribution is 0.667. The fraction of sp³-hybridized carbons (Fsp3) is 0.366. The van der Waals surface area contributed by atoms with Gasteiger partial charge in [-0.15, -0.1) is 0 Å². The first-order chi connectivity index (χ1) is 22.2. The van der Waals surface area contributed by atoms with Crippen LogP contribution in [0.1, 0.15) is 118 Å². The van der Waals surface area contributed by atoms with E-state index in [1.807, 2.05) is 0 Å². The van der Waals surface area contributed by atoms with Crippen molar-refractivity contribution in [3.8, 4) is 11.1 Å². The molecule has 8 bridgehead atoms. The van der Waals surface area contributed by atoms with Gasteiger partial charge in [-0.25, -0.2) is 9.97 Å². The summed E-state index contributed by atoms with van der Waals surface area (Å²) in [7, 11) is 0. The van der Waals surface area contributed by atoms with Crippen LogP contribution in [0.2, 0.25) is 0 Å². The smallest absolute Gasteiger partial charge is 0.0691 e. The normalized spacial score (nSPS) is 12.3. The Morgan fingerprint density at radius 1 is 0.444 bits per heavy atom. The molecule has 0 radical (unpaired) electrons. The third kappa shape index (κ3) is 6.91. The molecule has 0 amide bonds.